The number of aliphatic hydroxyl groups is 1. The summed E-state index contributed by atoms with van der Waals surface area (Å²) in [4.78, 5) is 14.8. The average Bonchev–Trinajstić information content (AvgIpc) is 2.40. The summed E-state index contributed by atoms with van der Waals surface area (Å²) in [5.41, 5.74) is 1.64. The molecule has 4 heteroatoms. The Labute approximate surface area is 124 Å². The number of fused-ring (bicyclic) bond motifs is 2. The highest BCUT2D eigenvalue weighted by molar-refractivity contribution is 6.31. The number of carbonyl (C=O) groups excluding carboxylic acids is 1. The van der Waals surface area contributed by atoms with Crippen molar-refractivity contribution < 1.29 is 9.90 Å². The molecule has 0 radical (unpaired) electrons. The van der Waals surface area contributed by atoms with Gasteiger partial charge in [0, 0.05) is 22.7 Å². The van der Waals surface area contributed by atoms with E-state index in [1.165, 1.54) is 0 Å². The first-order valence-corrected chi connectivity index (χ1v) is 7.71. The monoisotopic (exact) mass is 293 g/mol. The molecule has 108 valence electrons. The highest BCUT2D eigenvalue weighted by atomic mass is 35.5. The number of amides is 1. The van der Waals surface area contributed by atoms with Crippen LogP contribution in [0.1, 0.15) is 48.0 Å². The Balaban J connectivity index is 1.87. The lowest BCUT2D eigenvalue weighted by Crippen LogP contribution is -2.55. The number of nitrogens with zero attached hydrogens (tertiary/aromatic N) is 1. The second-order valence-corrected chi connectivity index (χ2v) is 6.45. The highest BCUT2D eigenvalue weighted by Crippen LogP contribution is 2.35. The van der Waals surface area contributed by atoms with Gasteiger partial charge in [0.25, 0.3) is 5.91 Å². The zero-order chi connectivity index (χ0) is 14.3. The van der Waals surface area contributed by atoms with Crippen LogP contribution in [0.25, 0.3) is 0 Å². The van der Waals surface area contributed by atoms with E-state index in [0.29, 0.717) is 10.6 Å². The maximum atomic E-state index is 12.8. The maximum Gasteiger partial charge on any atom is 0.254 e. The Bertz CT molecular complexity index is 517. The minimum absolute atomic E-state index is 0.0892. The van der Waals surface area contributed by atoms with Crippen molar-refractivity contribution in [2.75, 3.05) is 0 Å². The van der Waals surface area contributed by atoms with Crippen LogP contribution in [-0.2, 0) is 0 Å². The Morgan fingerprint density at radius 2 is 1.95 bits per heavy atom. The van der Waals surface area contributed by atoms with Crippen LogP contribution in [-0.4, -0.2) is 34.1 Å². The first kappa shape index (κ1) is 13.9. The van der Waals surface area contributed by atoms with Crippen LogP contribution < -0.4 is 0 Å². The van der Waals surface area contributed by atoms with Crippen LogP contribution in [0.5, 0.6) is 0 Å². The molecule has 2 aliphatic rings. The molecule has 1 N–H and O–H groups in total. The molecule has 1 amide bonds. The van der Waals surface area contributed by atoms with Gasteiger partial charge in [-0.15, -0.1) is 0 Å². The number of aryl methyl sites for hydroxylation is 1. The van der Waals surface area contributed by atoms with Crippen LogP contribution in [0.3, 0.4) is 0 Å². The number of aliphatic hydroxyl groups excluding tert-OH is 1. The highest BCUT2D eigenvalue weighted by Gasteiger charge is 2.40. The van der Waals surface area contributed by atoms with Gasteiger partial charge in [-0.25, -0.2) is 0 Å². The molecule has 3 rings (SSSR count). The molecule has 0 saturated carbocycles. The van der Waals surface area contributed by atoms with Crippen LogP contribution in [0.2, 0.25) is 5.02 Å². The number of carbonyl (C=O) groups is 1. The molecule has 0 aromatic heterocycles. The van der Waals surface area contributed by atoms with Gasteiger partial charge in [-0.3, -0.25) is 4.79 Å². The summed E-state index contributed by atoms with van der Waals surface area (Å²) < 4.78 is 0. The van der Waals surface area contributed by atoms with E-state index < -0.39 is 0 Å². The van der Waals surface area contributed by atoms with E-state index in [2.05, 4.69) is 0 Å². The predicted octanol–water partition coefficient (Wildman–Crippen LogP) is 3.17. The van der Waals surface area contributed by atoms with Gasteiger partial charge < -0.3 is 10.0 Å². The Morgan fingerprint density at radius 3 is 2.55 bits per heavy atom. The van der Waals surface area contributed by atoms with Crippen LogP contribution in [0.15, 0.2) is 18.2 Å². The van der Waals surface area contributed by atoms with Crippen molar-refractivity contribution in [3.8, 4) is 0 Å². The quantitative estimate of drug-likeness (QED) is 0.864. The summed E-state index contributed by atoms with van der Waals surface area (Å²) in [6, 6.07) is 5.85. The molecule has 2 aliphatic heterocycles. The number of piperidine rings is 2. The zero-order valence-corrected chi connectivity index (χ0v) is 12.4. The van der Waals surface area contributed by atoms with Gasteiger partial charge in [0.15, 0.2) is 0 Å². The summed E-state index contributed by atoms with van der Waals surface area (Å²) in [6.45, 7) is 1.92. The molecular formula is C16H20ClNO2. The van der Waals surface area contributed by atoms with E-state index in [-0.39, 0.29) is 24.1 Å². The maximum absolute atomic E-state index is 12.8. The number of hydrogen-bond donors (Lipinski definition) is 1. The fourth-order valence-corrected chi connectivity index (χ4v) is 3.73. The Hall–Kier alpha value is -1.06. The molecule has 2 saturated heterocycles. The molecule has 2 heterocycles. The lowest BCUT2D eigenvalue weighted by molar-refractivity contribution is -0.0151. The van der Waals surface area contributed by atoms with Gasteiger partial charge in [-0.1, -0.05) is 11.6 Å². The third kappa shape index (κ3) is 2.45. The molecule has 0 aliphatic carbocycles. The average molecular weight is 294 g/mol. The molecule has 1 aromatic carbocycles. The molecular weight excluding hydrogens is 274 g/mol. The largest absolute Gasteiger partial charge is 0.393 e. The van der Waals surface area contributed by atoms with Crippen LogP contribution >= 0.6 is 11.6 Å². The molecule has 20 heavy (non-hydrogen) atoms. The topological polar surface area (TPSA) is 40.5 Å². The van der Waals surface area contributed by atoms with Crippen LogP contribution in [0.4, 0.5) is 0 Å². The van der Waals surface area contributed by atoms with E-state index in [0.717, 1.165) is 37.7 Å². The second kappa shape index (κ2) is 5.38. The predicted molar refractivity (Wildman–Crippen MR) is 79.0 cm³/mol. The van der Waals surface area contributed by atoms with Crippen molar-refractivity contribution in [1.29, 1.82) is 0 Å². The molecule has 2 fully saturated rings. The van der Waals surface area contributed by atoms with E-state index in [1.807, 2.05) is 17.9 Å². The first-order valence-electron chi connectivity index (χ1n) is 7.33. The van der Waals surface area contributed by atoms with E-state index in [1.54, 1.807) is 12.1 Å². The zero-order valence-electron chi connectivity index (χ0n) is 11.7. The lowest BCUT2D eigenvalue weighted by atomic mass is 9.82. The third-order valence-electron chi connectivity index (χ3n) is 4.59. The summed E-state index contributed by atoms with van der Waals surface area (Å²) in [5.74, 6) is 0.0892. The number of benzene rings is 1. The fraction of sp³-hybridized carbons (Fsp3) is 0.562. The SMILES string of the molecule is Cc1cc(C(=O)N2[C@@H]3CCC[C@H]2CC(O)C3)ccc1Cl. The lowest BCUT2D eigenvalue weighted by Gasteiger charge is -2.47. The van der Waals surface area contributed by atoms with Crippen LogP contribution in [0, 0.1) is 6.92 Å². The third-order valence-corrected chi connectivity index (χ3v) is 5.01. The smallest absolute Gasteiger partial charge is 0.254 e. The summed E-state index contributed by atoms with van der Waals surface area (Å²) in [7, 11) is 0. The van der Waals surface area contributed by atoms with Gasteiger partial charge in [0.05, 0.1) is 6.10 Å². The van der Waals surface area contributed by atoms with Crippen molar-refractivity contribution in [3.05, 3.63) is 34.3 Å². The minimum atomic E-state index is -0.249. The molecule has 1 aromatic rings. The molecule has 0 spiro atoms. The normalized spacial score (nSPS) is 29.4. The number of halogens is 1. The molecule has 1 unspecified atom stereocenters. The van der Waals surface area contributed by atoms with Gasteiger partial charge in [0.1, 0.15) is 0 Å². The van der Waals surface area contributed by atoms with E-state index >= 15 is 0 Å². The number of rotatable bonds is 1. The fourth-order valence-electron chi connectivity index (χ4n) is 3.61. The van der Waals surface area contributed by atoms with Gasteiger partial charge >= 0.3 is 0 Å². The van der Waals surface area contributed by atoms with E-state index in [9.17, 15) is 9.90 Å². The van der Waals surface area contributed by atoms with Crippen molar-refractivity contribution in [2.45, 2.75) is 57.2 Å². The van der Waals surface area contributed by atoms with Gasteiger partial charge in [-0.2, -0.15) is 0 Å². The summed E-state index contributed by atoms with van der Waals surface area (Å²) >= 11 is 6.03. The van der Waals surface area contributed by atoms with Crippen molar-refractivity contribution in [2.24, 2.45) is 0 Å². The van der Waals surface area contributed by atoms with Gasteiger partial charge in [0.2, 0.25) is 0 Å². The first-order chi connectivity index (χ1) is 9.56. The van der Waals surface area contributed by atoms with Crippen molar-refractivity contribution in [3.63, 3.8) is 0 Å². The second-order valence-electron chi connectivity index (χ2n) is 6.04. The molecule has 3 atom stereocenters. The van der Waals surface area contributed by atoms with Gasteiger partial charge in [-0.05, 0) is 62.8 Å². The van der Waals surface area contributed by atoms with Crippen molar-refractivity contribution >= 4 is 17.5 Å². The minimum Gasteiger partial charge on any atom is -0.393 e. The van der Waals surface area contributed by atoms with E-state index in [4.69, 9.17) is 11.6 Å². The Morgan fingerprint density at radius 1 is 1.30 bits per heavy atom. The molecule has 2 bridgehead atoms. The Kier molecular flexibility index (Phi) is 3.74. The number of hydrogen-bond acceptors (Lipinski definition) is 2. The molecule has 3 nitrogen and oxygen atoms in total. The van der Waals surface area contributed by atoms with Crippen molar-refractivity contribution in [1.82, 2.24) is 4.90 Å². The standard InChI is InChI=1S/C16H20ClNO2/c1-10-7-11(5-6-15(10)17)16(20)18-12-3-2-4-13(18)9-14(19)8-12/h5-7,12-14,19H,2-4,8-9H2,1H3/t12-,13+,14?. The summed E-state index contributed by atoms with van der Waals surface area (Å²) in [6.07, 6.45) is 4.36. The summed E-state index contributed by atoms with van der Waals surface area (Å²) in [5, 5.41) is 10.6.